The predicted molar refractivity (Wildman–Crippen MR) is 149 cm³/mol. The van der Waals surface area contributed by atoms with Gasteiger partial charge in [0.2, 0.25) is 0 Å². The molecule has 2 aromatic carbocycles. The van der Waals surface area contributed by atoms with Gasteiger partial charge in [-0.2, -0.15) is 0 Å². The highest BCUT2D eigenvalue weighted by Gasteiger charge is 2.39. The highest BCUT2D eigenvalue weighted by atomic mass is 15.1. The van der Waals surface area contributed by atoms with Crippen LogP contribution in [-0.2, 0) is 17.9 Å². The molecule has 0 amide bonds. The molecular formula is C31H31N5. The van der Waals surface area contributed by atoms with Crippen LogP contribution in [0.4, 0.5) is 0 Å². The summed E-state index contributed by atoms with van der Waals surface area (Å²) in [5.74, 6) is 1.24. The predicted octanol–water partition coefficient (Wildman–Crippen LogP) is 7.10. The molecule has 7 rings (SSSR count). The first-order chi connectivity index (χ1) is 17.2. The van der Waals surface area contributed by atoms with Crippen molar-refractivity contribution in [3.63, 3.8) is 0 Å². The lowest BCUT2D eigenvalue weighted by Crippen LogP contribution is -2.32. The Balaban J connectivity index is 1.66. The lowest BCUT2D eigenvalue weighted by atomic mass is 9.78. The van der Waals surface area contributed by atoms with Crippen LogP contribution in [0.2, 0.25) is 0 Å². The van der Waals surface area contributed by atoms with Crippen molar-refractivity contribution in [2.75, 3.05) is 0 Å². The molecule has 0 saturated carbocycles. The number of nitrogens with zero attached hydrogens (tertiary/aromatic N) is 3. The highest BCUT2D eigenvalue weighted by molar-refractivity contribution is 6.10. The number of hydrogen-bond acceptors (Lipinski definition) is 2. The van der Waals surface area contributed by atoms with Crippen LogP contribution in [0.5, 0.6) is 0 Å². The molecule has 0 radical (unpaired) electrons. The van der Waals surface area contributed by atoms with Crippen molar-refractivity contribution >= 4 is 33.0 Å². The van der Waals surface area contributed by atoms with Gasteiger partial charge >= 0.3 is 0 Å². The van der Waals surface area contributed by atoms with Crippen LogP contribution in [-0.4, -0.2) is 25.2 Å². The zero-order chi connectivity index (χ0) is 25.0. The Morgan fingerprint density at radius 1 is 0.778 bits per heavy atom. The number of allylic oxidation sites excluding steroid dienone is 1. The summed E-state index contributed by atoms with van der Waals surface area (Å²) in [4.78, 5) is 18.2. The van der Waals surface area contributed by atoms with Gasteiger partial charge in [-0.3, -0.25) is 4.99 Å². The van der Waals surface area contributed by atoms with Gasteiger partial charge in [-0.05, 0) is 33.8 Å². The van der Waals surface area contributed by atoms with Gasteiger partial charge in [-0.1, -0.05) is 55.5 Å². The molecule has 2 aliphatic rings. The lowest BCUT2D eigenvalue weighted by Gasteiger charge is -2.27. The van der Waals surface area contributed by atoms with E-state index in [9.17, 15) is 0 Å². The Morgan fingerprint density at radius 3 is 1.89 bits per heavy atom. The largest absolute Gasteiger partial charge is 0.355 e. The number of nitrogens with one attached hydrogen (secondary N) is 2. The third-order valence-electron chi connectivity index (χ3n) is 8.35. The summed E-state index contributed by atoms with van der Waals surface area (Å²) >= 11 is 0. The van der Waals surface area contributed by atoms with Gasteiger partial charge in [0, 0.05) is 63.2 Å². The van der Waals surface area contributed by atoms with E-state index in [1.165, 1.54) is 32.9 Å². The summed E-state index contributed by atoms with van der Waals surface area (Å²) in [5.41, 5.74) is 7.05. The Labute approximate surface area is 211 Å². The number of H-pyrrole nitrogens is 2. The molecule has 5 heterocycles. The average Bonchev–Trinajstić information content (AvgIpc) is 3.61. The third-order valence-corrected chi connectivity index (χ3v) is 8.35. The zero-order valence-electron chi connectivity index (χ0n) is 21.7. The van der Waals surface area contributed by atoms with Gasteiger partial charge in [0.1, 0.15) is 11.5 Å². The molecule has 1 atom stereocenters. The molecule has 0 aliphatic carbocycles. The van der Waals surface area contributed by atoms with E-state index < -0.39 is 0 Å². The Morgan fingerprint density at radius 2 is 1.31 bits per heavy atom. The number of aromatic nitrogens is 4. The number of imidazole rings is 1. The Bertz CT molecular complexity index is 1770. The van der Waals surface area contributed by atoms with Crippen molar-refractivity contribution < 1.29 is 0 Å². The van der Waals surface area contributed by atoms with Gasteiger partial charge in [0.15, 0.2) is 0 Å². The molecule has 36 heavy (non-hydrogen) atoms. The van der Waals surface area contributed by atoms with Crippen LogP contribution in [0.1, 0.15) is 57.5 Å². The fourth-order valence-corrected chi connectivity index (χ4v) is 6.58. The first-order valence-electron chi connectivity index (χ1n) is 12.8. The minimum atomic E-state index is -0.350. The van der Waals surface area contributed by atoms with Gasteiger partial charge < -0.3 is 14.5 Å². The van der Waals surface area contributed by atoms with Gasteiger partial charge in [0.05, 0.1) is 22.5 Å². The molecule has 8 bridgehead atoms. The van der Waals surface area contributed by atoms with Gasteiger partial charge in [-0.25, -0.2) is 4.98 Å². The van der Waals surface area contributed by atoms with E-state index in [4.69, 9.17) is 9.98 Å². The maximum Gasteiger partial charge on any atom is 0.120 e. The molecule has 1 unspecified atom stereocenters. The second-order valence-corrected chi connectivity index (χ2v) is 11.5. The van der Waals surface area contributed by atoms with Crippen LogP contribution in [0.15, 0.2) is 65.8 Å². The standard InChI is InChI=1S/C31H31N5/c1-17-15-22-23-16-36(6)29(33-23)31(4,5)28-21-14-10-8-12-19(21)25(35-28)24-18-11-7-9-13-20(18)27(34-24)30(2,3)26(17)32-22/h7-17,34-35H,1-6H3. The molecule has 5 heteroatoms. The molecular weight excluding hydrogens is 442 g/mol. The van der Waals surface area contributed by atoms with Crippen LogP contribution in [0, 0.1) is 5.92 Å². The topological polar surface area (TPSA) is 61.8 Å². The van der Waals surface area contributed by atoms with Gasteiger partial charge in [-0.15, -0.1) is 0 Å². The Kier molecular flexibility index (Phi) is 4.09. The van der Waals surface area contributed by atoms with E-state index in [0.29, 0.717) is 0 Å². The number of hydrogen-bond donors (Lipinski definition) is 2. The molecule has 5 nitrogen and oxygen atoms in total. The summed E-state index contributed by atoms with van der Waals surface area (Å²) in [7, 11) is 2.09. The number of rotatable bonds is 0. The molecule has 5 aromatic rings. The highest BCUT2D eigenvalue weighted by Crippen LogP contribution is 2.45. The minimum absolute atomic E-state index is 0.224. The first kappa shape index (κ1) is 21.4. The number of aromatic amines is 2. The smallest absolute Gasteiger partial charge is 0.120 e. The van der Waals surface area contributed by atoms with Crippen molar-refractivity contribution in [2.45, 2.75) is 45.4 Å². The van der Waals surface area contributed by atoms with E-state index in [0.717, 1.165) is 34.3 Å². The van der Waals surface area contributed by atoms with Gasteiger partial charge in [0.25, 0.3) is 0 Å². The average molecular weight is 474 g/mol. The van der Waals surface area contributed by atoms with E-state index in [1.807, 2.05) is 0 Å². The Hall–Kier alpha value is -3.86. The summed E-state index contributed by atoms with van der Waals surface area (Å²) in [6, 6.07) is 17.4. The molecule has 2 aliphatic heterocycles. The molecule has 0 saturated heterocycles. The molecule has 0 spiro atoms. The first-order valence-corrected chi connectivity index (χ1v) is 12.8. The SMILES string of the molecule is CC1C=C2N=C1C(C)(C)c1[nH]c(c3ccccc13)-c1[nH]c(c3ccccc13)C(C)(C)c1nc2cn1C. The van der Waals surface area contributed by atoms with Crippen LogP contribution in [0.3, 0.4) is 0 Å². The zero-order valence-corrected chi connectivity index (χ0v) is 21.7. The van der Waals surface area contributed by atoms with Crippen LogP contribution in [0.25, 0.3) is 38.6 Å². The molecule has 2 N–H and O–H groups in total. The van der Waals surface area contributed by atoms with E-state index in [1.54, 1.807) is 0 Å². The number of aryl methyl sites for hydroxylation is 1. The fraction of sp³-hybridized carbons (Fsp3) is 0.290. The summed E-state index contributed by atoms with van der Waals surface area (Å²) in [6.07, 6.45) is 4.39. The number of benzene rings is 2. The molecule has 3 aromatic heterocycles. The van der Waals surface area contributed by atoms with E-state index >= 15 is 0 Å². The van der Waals surface area contributed by atoms with Crippen molar-refractivity contribution in [3.05, 3.63) is 83.7 Å². The second kappa shape index (κ2) is 6.88. The molecule has 0 fully saturated rings. The third kappa shape index (κ3) is 2.66. The maximum absolute atomic E-state index is 5.23. The summed E-state index contributed by atoms with van der Waals surface area (Å²) in [5, 5.41) is 4.92. The quantitative estimate of drug-likeness (QED) is 0.248. The lowest BCUT2D eigenvalue weighted by molar-refractivity contribution is 0.553. The monoisotopic (exact) mass is 473 g/mol. The minimum Gasteiger partial charge on any atom is -0.355 e. The summed E-state index contributed by atoms with van der Waals surface area (Å²) < 4.78 is 2.16. The maximum atomic E-state index is 5.23. The molecule has 180 valence electrons. The van der Waals surface area contributed by atoms with Crippen molar-refractivity contribution in [2.24, 2.45) is 18.0 Å². The number of aliphatic imine (C=N–C) groups is 1. The van der Waals surface area contributed by atoms with Crippen molar-refractivity contribution in [3.8, 4) is 11.4 Å². The van der Waals surface area contributed by atoms with Crippen LogP contribution < -0.4 is 0 Å². The van der Waals surface area contributed by atoms with E-state index in [2.05, 4.69) is 117 Å². The normalized spacial score (nSPS) is 19.9. The van der Waals surface area contributed by atoms with Crippen LogP contribution >= 0.6 is 0 Å². The van der Waals surface area contributed by atoms with Crippen molar-refractivity contribution in [1.29, 1.82) is 0 Å². The van der Waals surface area contributed by atoms with Crippen molar-refractivity contribution in [1.82, 2.24) is 19.5 Å². The summed E-state index contributed by atoms with van der Waals surface area (Å²) in [6.45, 7) is 11.3. The number of fused-ring (bicyclic) bond motifs is 15. The van der Waals surface area contributed by atoms with E-state index in [-0.39, 0.29) is 16.7 Å². The fourth-order valence-electron chi connectivity index (χ4n) is 6.58. The second-order valence-electron chi connectivity index (χ2n) is 11.5.